The molecular weight excluding hydrogens is 414 g/mol. The number of nitrogens with two attached hydrogens (primary N) is 2. The van der Waals surface area contributed by atoms with Gasteiger partial charge in [-0.3, -0.25) is 0 Å². The molecule has 0 atom stereocenters. The number of hydrogen-bond acceptors (Lipinski definition) is 4. The highest BCUT2D eigenvalue weighted by atomic mass is 19.4. The van der Waals surface area contributed by atoms with Crippen LogP contribution in [0.4, 0.5) is 37.7 Å². The Labute approximate surface area is 166 Å². The van der Waals surface area contributed by atoms with Gasteiger partial charge in [0, 0.05) is 6.07 Å². The first kappa shape index (κ1) is 21.2. The molecule has 0 fully saturated rings. The van der Waals surface area contributed by atoms with Crippen LogP contribution in [0.3, 0.4) is 0 Å². The van der Waals surface area contributed by atoms with Crippen molar-refractivity contribution < 1.29 is 35.8 Å². The van der Waals surface area contributed by atoms with Crippen molar-refractivity contribution in [1.29, 1.82) is 0 Å². The van der Waals surface area contributed by atoms with Gasteiger partial charge in [0.15, 0.2) is 0 Å². The summed E-state index contributed by atoms with van der Waals surface area (Å²) in [5.74, 6) is 0.359. The lowest BCUT2D eigenvalue weighted by molar-refractivity contribution is -0.138. The monoisotopic (exact) mass is 428 g/mol. The number of benzene rings is 3. The quantitative estimate of drug-likeness (QED) is 0.369. The maximum Gasteiger partial charge on any atom is 0.416 e. The average molecular weight is 428 g/mol. The van der Waals surface area contributed by atoms with Gasteiger partial charge in [0.1, 0.15) is 23.0 Å². The van der Waals surface area contributed by atoms with Gasteiger partial charge < -0.3 is 20.9 Å². The molecule has 0 amide bonds. The first-order valence-electron chi connectivity index (χ1n) is 8.33. The van der Waals surface area contributed by atoms with Crippen LogP contribution in [-0.4, -0.2) is 0 Å². The van der Waals surface area contributed by atoms with Gasteiger partial charge in [0.2, 0.25) is 0 Å². The Hall–Kier alpha value is -3.56. The summed E-state index contributed by atoms with van der Waals surface area (Å²) in [5, 5.41) is 0. The summed E-state index contributed by atoms with van der Waals surface area (Å²) in [6, 6.07) is 11.2. The maximum atomic E-state index is 12.7. The molecule has 3 aromatic carbocycles. The molecule has 0 aliphatic heterocycles. The van der Waals surface area contributed by atoms with Gasteiger partial charge >= 0.3 is 12.4 Å². The number of halogens is 6. The van der Waals surface area contributed by atoms with E-state index in [1.54, 1.807) is 0 Å². The Morgan fingerprint density at radius 3 is 1.30 bits per heavy atom. The lowest BCUT2D eigenvalue weighted by Gasteiger charge is -2.14. The van der Waals surface area contributed by atoms with Crippen molar-refractivity contribution >= 4 is 11.4 Å². The molecule has 0 bridgehead atoms. The fourth-order valence-corrected chi connectivity index (χ4v) is 2.49. The van der Waals surface area contributed by atoms with Gasteiger partial charge in [-0.2, -0.15) is 26.3 Å². The Kier molecular flexibility index (Phi) is 5.43. The van der Waals surface area contributed by atoms with Crippen LogP contribution in [0.1, 0.15) is 11.1 Å². The maximum absolute atomic E-state index is 12.7. The van der Waals surface area contributed by atoms with Gasteiger partial charge in [0.05, 0.1) is 22.5 Å². The summed E-state index contributed by atoms with van der Waals surface area (Å²) in [6.07, 6.45) is -9.08. The minimum Gasteiger partial charge on any atom is -0.455 e. The van der Waals surface area contributed by atoms with Crippen molar-refractivity contribution in [2.24, 2.45) is 0 Å². The number of nitrogen functional groups attached to an aromatic ring is 2. The Morgan fingerprint density at radius 2 is 0.967 bits per heavy atom. The molecule has 0 aliphatic rings. The third kappa shape index (κ3) is 4.88. The van der Waals surface area contributed by atoms with E-state index in [0.717, 1.165) is 36.4 Å². The zero-order valence-electron chi connectivity index (χ0n) is 15.0. The summed E-state index contributed by atoms with van der Waals surface area (Å²) in [4.78, 5) is 0. The lowest BCUT2D eigenvalue weighted by atomic mass is 10.2. The summed E-state index contributed by atoms with van der Waals surface area (Å²) in [7, 11) is 0. The van der Waals surface area contributed by atoms with Gasteiger partial charge in [-0.1, -0.05) is 6.07 Å². The molecule has 158 valence electrons. The molecule has 0 aromatic heterocycles. The summed E-state index contributed by atoms with van der Waals surface area (Å²) in [6.45, 7) is 0. The molecule has 4 nitrogen and oxygen atoms in total. The summed E-state index contributed by atoms with van der Waals surface area (Å²) >= 11 is 0. The van der Waals surface area contributed by atoms with E-state index in [-0.39, 0.29) is 34.4 Å². The van der Waals surface area contributed by atoms with E-state index in [0.29, 0.717) is 0 Å². The first-order chi connectivity index (χ1) is 13.9. The number of alkyl halides is 6. The number of anilines is 2. The zero-order valence-corrected chi connectivity index (χ0v) is 15.0. The second-order valence-corrected chi connectivity index (χ2v) is 6.18. The molecular formula is C20H14F6N2O2. The largest absolute Gasteiger partial charge is 0.455 e. The molecule has 4 N–H and O–H groups in total. The fraction of sp³-hybridized carbons (Fsp3) is 0.100. The van der Waals surface area contributed by atoms with Gasteiger partial charge in [-0.25, -0.2) is 0 Å². The summed E-state index contributed by atoms with van der Waals surface area (Å²) < 4.78 is 87.3. The van der Waals surface area contributed by atoms with Crippen molar-refractivity contribution in [1.82, 2.24) is 0 Å². The van der Waals surface area contributed by atoms with Crippen LogP contribution in [-0.2, 0) is 12.4 Å². The first-order valence-corrected chi connectivity index (χ1v) is 8.33. The highest BCUT2D eigenvalue weighted by Crippen LogP contribution is 2.38. The van der Waals surface area contributed by atoms with Crippen molar-refractivity contribution in [3.05, 3.63) is 71.8 Å². The van der Waals surface area contributed by atoms with Crippen LogP contribution in [0.25, 0.3) is 0 Å². The van der Waals surface area contributed by atoms with Crippen LogP contribution < -0.4 is 20.9 Å². The predicted octanol–water partition coefficient (Wildman–Crippen LogP) is 6.47. The number of rotatable bonds is 4. The van der Waals surface area contributed by atoms with E-state index in [1.165, 1.54) is 24.3 Å². The van der Waals surface area contributed by atoms with Crippen molar-refractivity contribution in [2.75, 3.05) is 11.5 Å². The SMILES string of the molecule is Nc1cc(C(F)(F)F)ccc1Oc1cccc(Oc2ccc(C(F)(F)F)cc2N)c1. The van der Waals surface area contributed by atoms with E-state index >= 15 is 0 Å². The highest BCUT2D eigenvalue weighted by molar-refractivity contribution is 5.58. The lowest BCUT2D eigenvalue weighted by Crippen LogP contribution is -2.06. The molecule has 0 heterocycles. The van der Waals surface area contributed by atoms with Crippen molar-refractivity contribution in [3.8, 4) is 23.0 Å². The molecule has 10 heteroatoms. The molecule has 0 aliphatic carbocycles. The van der Waals surface area contributed by atoms with Crippen molar-refractivity contribution in [3.63, 3.8) is 0 Å². The molecule has 0 saturated heterocycles. The second-order valence-electron chi connectivity index (χ2n) is 6.18. The van der Waals surface area contributed by atoms with E-state index < -0.39 is 23.5 Å². The van der Waals surface area contributed by atoms with Crippen LogP contribution in [0.15, 0.2) is 60.7 Å². The van der Waals surface area contributed by atoms with Crippen LogP contribution in [0.5, 0.6) is 23.0 Å². The minimum absolute atomic E-state index is 0.00538. The normalized spacial score (nSPS) is 11.9. The average Bonchev–Trinajstić information content (AvgIpc) is 2.64. The molecule has 3 rings (SSSR count). The minimum atomic E-state index is -4.54. The van der Waals surface area contributed by atoms with Gasteiger partial charge in [-0.05, 0) is 48.5 Å². The van der Waals surface area contributed by atoms with Crippen LogP contribution in [0, 0.1) is 0 Å². The molecule has 3 aromatic rings. The third-order valence-corrected chi connectivity index (χ3v) is 3.94. The Balaban J connectivity index is 1.79. The summed E-state index contributed by atoms with van der Waals surface area (Å²) in [5.41, 5.74) is 9.00. The smallest absolute Gasteiger partial charge is 0.416 e. The van der Waals surface area contributed by atoms with Crippen LogP contribution >= 0.6 is 0 Å². The standard InChI is InChI=1S/C20H14F6N2O2/c21-19(22,23)11-4-6-17(15(27)8-11)29-13-2-1-3-14(10-13)30-18-7-5-12(9-16(18)28)20(24,25)26/h1-10H,27-28H2. The molecule has 0 saturated carbocycles. The Morgan fingerprint density at radius 1 is 0.567 bits per heavy atom. The Bertz CT molecular complexity index is 983. The predicted molar refractivity (Wildman–Crippen MR) is 98.3 cm³/mol. The van der Waals surface area contributed by atoms with Crippen LogP contribution in [0.2, 0.25) is 0 Å². The van der Waals surface area contributed by atoms with Gasteiger partial charge in [0.25, 0.3) is 0 Å². The molecule has 0 spiro atoms. The van der Waals surface area contributed by atoms with Crippen molar-refractivity contribution in [2.45, 2.75) is 12.4 Å². The fourth-order valence-electron chi connectivity index (χ4n) is 2.49. The van der Waals surface area contributed by atoms with Gasteiger partial charge in [-0.15, -0.1) is 0 Å². The second kappa shape index (κ2) is 7.69. The topological polar surface area (TPSA) is 70.5 Å². The number of hydrogen-bond donors (Lipinski definition) is 2. The van der Waals surface area contributed by atoms with E-state index in [1.807, 2.05) is 0 Å². The van der Waals surface area contributed by atoms with E-state index in [9.17, 15) is 26.3 Å². The number of ether oxygens (including phenoxy) is 2. The third-order valence-electron chi connectivity index (χ3n) is 3.94. The molecule has 0 radical (unpaired) electrons. The van der Waals surface area contributed by atoms with E-state index in [4.69, 9.17) is 20.9 Å². The zero-order chi connectivity index (χ0) is 22.1. The molecule has 30 heavy (non-hydrogen) atoms. The molecule has 0 unspecified atom stereocenters. The van der Waals surface area contributed by atoms with E-state index in [2.05, 4.69) is 0 Å². The highest BCUT2D eigenvalue weighted by Gasteiger charge is 2.31.